The van der Waals surface area contributed by atoms with E-state index in [1.807, 2.05) is 7.05 Å². The van der Waals surface area contributed by atoms with Crippen molar-refractivity contribution in [3.63, 3.8) is 0 Å². The summed E-state index contributed by atoms with van der Waals surface area (Å²) in [5.41, 5.74) is 0.467. The molecule has 0 unspecified atom stereocenters. The van der Waals surface area contributed by atoms with Crippen LogP contribution in [0.5, 0.6) is 0 Å². The molecule has 5 nitrogen and oxygen atoms in total. The third-order valence-electron chi connectivity index (χ3n) is 4.06. The summed E-state index contributed by atoms with van der Waals surface area (Å²) >= 11 is 0. The first-order valence-electron chi connectivity index (χ1n) is 8.04. The molecule has 0 spiro atoms. The van der Waals surface area contributed by atoms with Gasteiger partial charge < -0.3 is 10.2 Å². The van der Waals surface area contributed by atoms with Gasteiger partial charge in [0.25, 0.3) is 5.91 Å². The van der Waals surface area contributed by atoms with Gasteiger partial charge in [0.2, 0.25) is 0 Å². The van der Waals surface area contributed by atoms with Crippen LogP contribution in [0.15, 0.2) is 12.4 Å². The molecule has 1 saturated carbocycles. The molecular weight excluding hydrogens is 264 g/mol. The van der Waals surface area contributed by atoms with Crippen LogP contribution < -0.4 is 10.2 Å². The average molecular weight is 290 g/mol. The highest BCUT2D eigenvalue weighted by Gasteiger charge is 2.18. The summed E-state index contributed by atoms with van der Waals surface area (Å²) in [5, 5.41) is 3.10. The molecule has 0 atom stereocenters. The van der Waals surface area contributed by atoms with Crippen molar-refractivity contribution in [2.24, 2.45) is 0 Å². The minimum absolute atomic E-state index is 0.0746. The van der Waals surface area contributed by atoms with Crippen LogP contribution in [0.2, 0.25) is 0 Å². The molecule has 0 aliphatic heterocycles. The first-order chi connectivity index (χ1) is 10.2. The number of nitrogens with zero attached hydrogens (tertiary/aromatic N) is 3. The molecule has 1 aromatic rings. The van der Waals surface area contributed by atoms with Crippen LogP contribution in [0.1, 0.15) is 62.4 Å². The lowest BCUT2D eigenvalue weighted by Crippen LogP contribution is -2.36. The number of carbonyl (C=O) groups is 1. The number of hydrogen-bond donors (Lipinski definition) is 1. The number of nitrogens with one attached hydrogen (secondary N) is 1. The van der Waals surface area contributed by atoms with Crippen LogP contribution >= 0.6 is 0 Å². The Hall–Kier alpha value is -1.65. The second-order valence-electron chi connectivity index (χ2n) is 5.84. The van der Waals surface area contributed by atoms with E-state index in [2.05, 4.69) is 27.1 Å². The van der Waals surface area contributed by atoms with Crippen molar-refractivity contribution in [1.29, 1.82) is 0 Å². The van der Waals surface area contributed by atoms with E-state index in [4.69, 9.17) is 0 Å². The smallest absolute Gasteiger partial charge is 0.270 e. The zero-order valence-corrected chi connectivity index (χ0v) is 13.1. The van der Waals surface area contributed by atoms with Gasteiger partial charge in [-0.2, -0.15) is 0 Å². The molecule has 0 aromatic carbocycles. The third-order valence-corrected chi connectivity index (χ3v) is 4.06. The van der Waals surface area contributed by atoms with E-state index in [1.54, 1.807) is 6.07 Å². The molecule has 21 heavy (non-hydrogen) atoms. The van der Waals surface area contributed by atoms with Crippen molar-refractivity contribution < 1.29 is 4.79 Å². The van der Waals surface area contributed by atoms with E-state index in [0.29, 0.717) is 11.7 Å². The van der Waals surface area contributed by atoms with E-state index >= 15 is 0 Å². The predicted molar refractivity (Wildman–Crippen MR) is 84.5 cm³/mol. The maximum atomic E-state index is 12.3. The molecule has 0 radical (unpaired) electrons. The summed E-state index contributed by atoms with van der Waals surface area (Å²) in [6.07, 6.45) is 9.61. The van der Waals surface area contributed by atoms with Crippen LogP contribution in [0, 0.1) is 0 Å². The Labute approximate surface area is 127 Å². The summed E-state index contributed by atoms with van der Waals surface area (Å²) in [6, 6.07) is 2.09. The van der Waals surface area contributed by atoms with Crippen molar-refractivity contribution in [1.82, 2.24) is 15.3 Å². The maximum Gasteiger partial charge on any atom is 0.270 e. The molecular formula is C16H26N4O. The molecule has 5 heteroatoms. The van der Waals surface area contributed by atoms with Crippen LogP contribution in [0.25, 0.3) is 0 Å². The quantitative estimate of drug-likeness (QED) is 0.875. The minimum atomic E-state index is -0.0746. The Balaban J connectivity index is 1.97. The first-order valence-corrected chi connectivity index (χ1v) is 8.04. The normalized spacial score (nSPS) is 15.7. The van der Waals surface area contributed by atoms with Crippen molar-refractivity contribution in [3.05, 3.63) is 18.1 Å². The molecule has 1 aliphatic rings. The van der Waals surface area contributed by atoms with Gasteiger partial charge in [0, 0.05) is 25.7 Å². The molecule has 0 bridgehead atoms. The summed E-state index contributed by atoms with van der Waals surface area (Å²) < 4.78 is 0. The zero-order valence-electron chi connectivity index (χ0n) is 13.1. The van der Waals surface area contributed by atoms with Crippen molar-refractivity contribution in [2.45, 2.75) is 57.9 Å². The Morgan fingerprint density at radius 2 is 2.10 bits per heavy atom. The van der Waals surface area contributed by atoms with E-state index in [1.165, 1.54) is 25.6 Å². The molecule has 116 valence electrons. The van der Waals surface area contributed by atoms with Gasteiger partial charge in [0.1, 0.15) is 17.8 Å². The fourth-order valence-corrected chi connectivity index (χ4v) is 2.70. The van der Waals surface area contributed by atoms with E-state index < -0.39 is 0 Å². The van der Waals surface area contributed by atoms with Gasteiger partial charge in [-0.3, -0.25) is 4.79 Å². The Kier molecular flexibility index (Phi) is 5.96. The fraction of sp³-hybridized carbons (Fsp3) is 0.688. The second kappa shape index (κ2) is 7.96. The summed E-state index contributed by atoms with van der Waals surface area (Å²) in [7, 11) is 2.00. The summed E-state index contributed by atoms with van der Waals surface area (Å²) in [6.45, 7) is 3.11. The van der Waals surface area contributed by atoms with Gasteiger partial charge in [0.15, 0.2) is 0 Å². The molecule has 1 heterocycles. The van der Waals surface area contributed by atoms with Gasteiger partial charge in [-0.05, 0) is 19.3 Å². The van der Waals surface area contributed by atoms with Crippen LogP contribution in [0.3, 0.4) is 0 Å². The maximum absolute atomic E-state index is 12.3. The van der Waals surface area contributed by atoms with Gasteiger partial charge >= 0.3 is 0 Å². The van der Waals surface area contributed by atoms with Gasteiger partial charge in [-0.25, -0.2) is 9.97 Å². The molecule has 2 rings (SSSR count). The summed E-state index contributed by atoms with van der Waals surface area (Å²) in [5.74, 6) is 0.738. The third kappa shape index (κ3) is 4.69. The lowest BCUT2D eigenvalue weighted by molar-refractivity contribution is 0.0922. The average Bonchev–Trinajstić information content (AvgIpc) is 2.53. The van der Waals surface area contributed by atoms with Crippen LogP contribution in [-0.4, -0.2) is 35.5 Å². The predicted octanol–water partition coefficient (Wildman–Crippen LogP) is 2.78. The largest absolute Gasteiger partial charge is 0.360 e. The van der Waals surface area contributed by atoms with Crippen LogP contribution in [0.4, 0.5) is 5.82 Å². The highest BCUT2D eigenvalue weighted by molar-refractivity contribution is 5.93. The number of unbranched alkanes of at least 4 members (excludes halogenated alkanes) is 1. The molecule has 1 fully saturated rings. The molecule has 1 aliphatic carbocycles. The minimum Gasteiger partial charge on any atom is -0.360 e. The molecule has 0 saturated heterocycles. The number of amides is 1. The number of carbonyl (C=O) groups excluding carboxylic acids is 1. The number of rotatable bonds is 6. The SMILES string of the molecule is CCCCN(C)c1cc(C(=O)NC2CCCCC2)ncn1. The Morgan fingerprint density at radius 3 is 2.81 bits per heavy atom. The second-order valence-corrected chi connectivity index (χ2v) is 5.84. The number of anilines is 1. The van der Waals surface area contributed by atoms with E-state index in [9.17, 15) is 4.79 Å². The van der Waals surface area contributed by atoms with Crippen LogP contribution in [-0.2, 0) is 0 Å². The highest BCUT2D eigenvalue weighted by Crippen LogP contribution is 2.18. The van der Waals surface area contributed by atoms with E-state index in [-0.39, 0.29) is 5.91 Å². The first kappa shape index (κ1) is 15.7. The fourth-order valence-electron chi connectivity index (χ4n) is 2.70. The number of hydrogen-bond acceptors (Lipinski definition) is 4. The molecule has 1 aromatic heterocycles. The van der Waals surface area contributed by atoms with Crippen molar-refractivity contribution >= 4 is 11.7 Å². The highest BCUT2D eigenvalue weighted by atomic mass is 16.1. The van der Waals surface area contributed by atoms with Crippen molar-refractivity contribution in [3.8, 4) is 0 Å². The monoisotopic (exact) mass is 290 g/mol. The van der Waals surface area contributed by atoms with Gasteiger partial charge in [0.05, 0.1) is 0 Å². The van der Waals surface area contributed by atoms with Crippen molar-refractivity contribution in [2.75, 3.05) is 18.5 Å². The van der Waals surface area contributed by atoms with Gasteiger partial charge in [-0.1, -0.05) is 32.6 Å². The van der Waals surface area contributed by atoms with Gasteiger partial charge in [-0.15, -0.1) is 0 Å². The molecule has 1 N–H and O–H groups in total. The Morgan fingerprint density at radius 1 is 1.33 bits per heavy atom. The summed E-state index contributed by atoms with van der Waals surface area (Å²) in [4.78, 5) is 22.7. The lowest BCUT2D eigenvalue weighted by Gasteiger charge is -2.23. The van der Waals surface area contributed by atoms with E-state index in [0.717, 1.165) is 38.0 Å². The Bertz CT molecular complexity index is 457. The standard InChI is InChI=1S/C16H26N4O/c1-3-4-10-20(2)15-11-14(17-12-18-15)16(21)19-13-8-6-5-7-9-13/h11-13H,3-10H2,1-2H3,(H,19,21). The lowest BCUT2D eigenvalue weighted by atomic mass is 9.95. The molecule has 1 amide bonds. The zero-order chi connectivity index (χ0) is 15.1. The number of aromatic nitrogens is 2. The topological polar surface area (TPSA) is 58.1 Å².